The summed E-state index contributed by atoms with van der Waals surface area (Å²) >= 11 is 0. The Kier molecular flexibility index (Phi) is 5.96. The molecule has 0 atom stereocenters. The van der Waals surface area contributed by atoms with Crippen LogP contribution in [0.5, 0.6) is 0 Å². The Labute approximate surface area is 186 Å². The van der Waals surface area contributed by atoms with Crippen molar-refractivity contribution in [3.8, 4) is 0 Å². The maximum atomic E-state index is 13.0. The number of anilines is 2. The van der Waals surface area contributed by atoms with Gasteiger partial charge >= 0.3 is 0 Å². The van der Waals surface area contributed by atoms with E-state index in [-0.39, 0.29) is 24.8 Å². The van der Waals surface area contributed by atoms with Gasteiger partial charge in [0.05, 0.1) is 21.8 Å². The Hall–Kier alpha value is -3.65. The first-order valence-corrected chi connectivity index (χ1v) is 11.7. The van der Waals surface area contributed by atoms with Gasteiger partial charge in [0, 0.05) is 24.9 Å². The highest BCUT2D eigenvalue weighted by Gasteiger charge is 2.35. The van der Waals surface area contributed by atoms with Crippen LogP contribution in [0.4, 0.5) is 11.4 Å². The summed E-state index contributed by atoms with van der Waals surface area (Å²) in [5.41, 5.74) is 1.40. The summed E-state index contributed by atoms with van der Waals surface area (Å²) in [7, 11) is -3.64. The van der Waals surface area contributed by atoms with Crippen molar-refractivity contribution in [1.82, 2.24) is 5.32 Å². The van der Waals surface area contributed by atoms with Crippen LogP contribution in [0.3, 0.4) is 0 Å². The number of nitrogens with one attached hydrogen (secondary N) is 2. The van der Waals surface area contributed by atoms with Gasteiger partial charge in [-0.1, -0.05) is 42.5 Å². The van der Waals surface area contributed by atoms with E-state index in [1.807, 2.05) is 18.2 Å². The molecule has 0 aromatic heterocycles. The molecule has 0 bridgehead atoms. The molecule has 2 amide bonds. The Bertz CT molecular complexity index is 1310. The van der Waals surface area contributed by atoms with E-state index in [4.69, 9.17) is 0 Å². The maximum Gasteiger partial charge on any atom is 0.265 e. The molecule has 1 aliphatic heterocycles. The first-order valence-electron chi connectivity index (χ1n) is 10.3. The van der Waals surface area contributed by atoms with Crippen LogP contribution in [0, 0.1) is 0 Å². The molecule has 0 unspecified atom stereocenters. The molecular formula is C24H23N3O4S. The quantitative estimate of drug-likeness (QED) is 0.513. The fraction of sp³-hybridized carbons (Fsp3) is 0.167. The standard InChI is InChI=1S/C24H23N3O4S/c1-2-15-25-24(29)18-10-3-4-11-19(18)26-22(28)14-7-16-27-20-12-5-8-17-9-6-13-21(23(17)20)32(27,30)31/h2-6,8-13H,1,7,14-16H2,(H,25,29)(H,26,28). The lowest BCUT2D eigenvalue weighted by atomic mass is 10.1. The number of amides is 2. The predicted octanol–water partition coefficient (Wildman–Crippen LogP) is 3.68. The van der Waals surface area contributed by atoms with Crippen molar-refractivity contribution in [3.63, 3.8) is 0 Å². The molecule has 3 aromatic carbocycles. The average Bonchev–Trinajstić information content (AvgIpc) is 3.01. The second-order valence-electron chi connectivity index (χ2n) is 7.40. The highest BCUT2D eigenvalue weighted by Crippen LogP contribution is 2.41. The number of hydrogen-bond acceptors (Lipinski definition) is 4. The third-order valence-electron chi connectivity index (χ3n) is 5.30. The van der Waals surface area contributed by atoms with Gasteiger partial charge in [-0.3, -0.25) is 13.9 Å². The Balaban J connectivity index is 1.42. The van der Waals surface area contributed by atoms with E-state index in [1.165, 1.54) is 4.31 Å². The SMILES string of the molecule is C=CCNC(=O)c1ccccc1NC(=O)CCCN1c2cccc3cccc(c23)S1(=O)=O. The van der Waals surface area contributed by atoms with E-state index < -0.39 is 10.0 Å². The van der Waals surface area contributed by atoms with Crippen LogP contribution in [0.1, 0.15) is 23.2 Å². The summed E-state index contributed by atoms with van der Waals surface area (Å²) in [5, 5.41) is 7.04. The molecule has 2 N–H and O–H groups in total. The first-order chi connectivity index (χ1) is 15.4. The van der Waals surface area contributed by atoms with Gasteiger partial charge in [0.1, 0.15) is 0 Å². The van der Waals surface area contributed by atoms with Gasteiger partial charge < -0.3 is 10.6 Å². The van der Waals surface area contributed by atoms with Crippen molar-refractivity contribution in [2.24, 2.45) is 0 Å². The third kappa shape index (κ3) is 3.97. The number of rotatable bonds is 8. The number of sulfonamides is 1. The number of nitrogens with zero attached hydrogens (tertiary/aromatic N) is 1. The van der Waals surface area contributed by atoms with Crippen LogP contribution in [0.2, 0.25) is 0 Å². The highest BCUT2D eigenvalue weighted by atomic mass is 32.2. The van der Waals surface area contributed by atoms with E-state index in [0.717, 1.165) is 10.8 Å². The second kappa shape index (κ2) is 8.84. The van der Waals surface area contributed by atoms with Crippen LogP contribution >= 0.6 is 0 Å². The lowest BCUT2D eigenvalue weighted by molar-refractivity contribution is -0.116. The molecule has 8 heteroatoms. The molecule has 0 spiro atoms. The fourth-order valence-corrected chi connectivity index (χ4v) is 5.59. The molecule has 0 saturated carbocycles. The molecule has 1 aliphatic rings. The monoisotopic (exact) mass is 449 g/mol. The molecule has 0 radical (unpaired) electrons. The highest BCUT2D eigenvalue weighted by molar-refractivity contribution is 7.93. The summed E-state index contributed by atoms with van der Waals surface area (Å²) < 4.78 is 27.4. The van der Waals surface area contributed by atoms with Gasteiger partial charge in [-0.05, 0) is 36.1 Å². The second-order valence-corrected chi connectivity index (χ2v) is 9.24. The summed E-state index contributed by atoms with van der Waals surface area (Å²) in [6.45, 7) is 4.07. The third-order valence-corrected chi connectivity index (χ3v) is 7.15. The van der Waals surface area contributed by atoms with Gasteiger partial charge in [0.25, 0.3) is 15.9 Å². The van der Waals surface area contributed by atoms with Crippen molar-refractivity contribution in [3.05, 3.63) is 78.9 Å². The molecular weight excluding hydrogens is 426 g/mol. The molecule has 164 valence electrons. The Morgan fingerprint density at radius 3 is 2.53 bits per heavy atom. The average molecular weight is 450 g/mol. The van der Waals surface area contributed by atoms with Crippen LogP contribution in [-0.2, 0) is 14.8 Å². The van der Waals surface area contributed by atoms with Crippen LogP contribution in [0.15, 0.2) is 78.2 Å². The smallest absolute Gasteiger partial charge is 0.265 e. The minimum Gasteiger partial charge on any atom is -0.349 e. The summed E-state index contributed by atoms with van der Waals surface area (Å²) in [5.74, 6) is -0.601. The molecule has 0 aliphatic carbocycles. The van der Waals surface area contributed by atoms with E-state index in [9.17, 15) is 18.0 Å². The van der Waals surface area contributed by atoms with E-state index in [2.05, 4.69) is 17.2 Å². The normalized spacial score (nSPS) is 13.7. The maximum absolute atomic E-state index is 13.0. The molecule has 0 fully saturated rings. The fourth-order valence-electron chi connectivity index (χ4n) is 3.85. The van der Waals surface area contributed by atoms with Gasteiger partial charge in [0.2, 0.25) is 5.91 Å². The van der Waals surface area contributed by atoms with Crippen molar-refractivity contribution in [2.45, 2.75) is 17.7 Å². The summed E-state index contributed by atoms with van der Waals surface area (Å²) in [6, 6.07) is 17.5. The molecule has 32 heavy (non-hydrogen) atoms. The van der Waals surface area contributed by atoms with Gasteiger partial charge in [-0.15, -0.1) is 6.58 Å². The lowest BCUT2D eigenvalue weighted by Crippen LogP contribution is -2.29. The van der Waals surface area contributed by atoms with Crippen molar-refractivity contribution >= 4 is 44.0 Å². The predicted molar refractivity (Wildman–Crippen MR) is 125 cm³/mol. The zero-order chi connectivity index (χ0) is 22.7. The van der Waals surface area contributed by atoms with E-state index in [0.29, 0.717) is 34.8 Å². The number of para-hydroxylation sites is 1. The Morgan fingerprint density at radius 1 is 1.00 bits per heavy atom. The number of carbonyl (C=O) groups excluding carboxylic acids is 2. The number of benzene rings is 3. The van der Waals surface area contributed by atoms with Gasteiger partial charge in [0.15, 0.2) is 0 Å². The lowest BCUT2D eigenvalue weighted by Gasteiger charge is -2.18. The van der Waals surface area contributed by atoms with Crippen LogP contribution < -0.4 is 14.9 Å². The van der Waals surface area contributed by atoms with Crippen molar-refractivity contribution in [1.29, 1.82) is 0 Å². The van der Waals surface area contributed by atoms with Crippen LogP contribution in [0.25, 0.3) is 10.8 Å². The molecule has 7 nitrogen and oxygen atoms in total. The molecule has 3 aromatic rings. The largest absolute Gasteiger partial charge is 0.349 e. The summed E-state index contributed by atoms with van der Waals surface area (Å²) in [4.78, 5) is 25.1. The molecule has 0 saturated heterocycles. The minimum atomic E-state index is -3.64. The number of carbonyl (C=O) groups is 2. The molecule has 1 heterocycles. The van der Waals surface area contributed by atoms with Crippen LogP contribution in [-0.4, -0.2) is 33.3 Å². The number of hydrogen-bond donors (Lipinski definition) is 2. The zero-order valence-corrected chi connectivity index (χ0v) is 18.2. The van der Waals surface area contributed by atoms with E-state index in [1.54, 1.807) is 48.5 Å². The van der Waals surface area contributed by atoms with E-state index >= 15 is 0 Å². The van der Waals surface area contributed by atoms with Crippen molar-refractivity contribution in [2.75, 3.05) is 22.7 Å². The van der Waals surface area contributed by atoms with Gasteiger partial charge in [-0.25, -0.2) is 8.42 Å². The van der Waals surface area contributed by atoms with Gasteiger partial charge in [-0.2, -0.15) is 0 Å². The summed E-state index contributed by atoms with van der Waals surface area (Å²) in [6.07, 6.45) is 2.02. The topological polar surface area (TPSA) is 95.6 Å². The molecule has 4 rings (SSSR count). The van der Waals surface area contributed by atoms with Crippen molar-refractivity contribution < 1.29 is 18.0 Å². The minimum absolute atomic E-state index is 0.112. The Morgan fingerprint density at radius 2 is 1.75 bits per heavy atom. The zero-order valence-electron chi connectivity index (χ0n) is 17.4. The first kappa shape index (κ1) is 21.6.